The van der Waals surface area contributed by atoms with E-state index in [0.29, 0.717) is 28.7 Å². The Balaban J connectivity index is 2.17. The SMILES string of the molecule is CC(C)(C)CN(CCC(=O)O)C1(Cc2cccc(Cl)c2)C(=O)Nc2cc(Cl)ccc21. The molecule has 2 aromatic rings. The number of carboxylic acid groups (broad SMARTS) is 1. The summed E-state index contributed by atoms with van der Waals surface area (Å²) in [5.41, 5.74) is 1.13. The van der Waals surface area contributed by atoms with Crippen LogP contribution in [0.15, 0.2) is 42.5 Å². The zero-order valence-corrected chi connectivity index (χ0v) is 18.8. The van der Waals surface area contributed by atoms with E-state index in [1.807, 2.05) is 29.2 Å². The van der Waals surface area contributed by atoms with Gasteiger partial charge in [-0.25, -0.2) is 0 Å². The lowest BCUT2D eigenvalue weighted by atomic mass is 9.81. The maximum atomic E-state index is 13.5. The number of nitrogens with one attached hydrogen (secondary N) is 1. The van der Waals surface area contributed by atoms with Crippen LogP contribution in [0.3, 0.4) is 0 Å². The van der Waals surface area contributed by atoms with Gasteiger partial charge in [-0.2, -0.15) is 0 Å². The Hall–Kier alpha value is -2.08. The second kappa shape index (κ2) is 8.58. The van der Waals surface area contributed by atoms with Crippen LogP contribution in [0.4, 0.5) is 5.69 Å². The number of carboxylic acids is 1. The molecule has 5 nitrogen and oxygen atoms in total. The van der Waals surface area contributed by atoms with Crippen molar-refractivity contribution < 1.29 is 14.7 Å². The number of fused-ring (bicyclic) bond motifs is 1. The smallest absolute Gasteiger partial charge is 0.304 e. The summed E-state index contributed by atoms with van der Waals surface area (Å²) < 4.78 is 0. The second-order valence-electron chi connectivity index (χ2n) is 8.94. The van der Waals surface area contributed by atoms with Crippen LogP contribution in [0.25, 0.3) is 0 Å². The van der Waals surface area contributed by atoms with Crippen LogP contribution in [0.5, 0.6) is 0 Å². The number of nitrogens with zero attached hydrogens (tertiary/aromatic N) is 1. The number of benzene rings is 2. The van der Waals surface area contributed by atoms with Crippen LogP contribution in [0, 0.1) is 5.41 Å². The third-order valence-corrected chi connectivity index (χ3v) is 5.67. The molecule has 0 saturated carbocycles. The molecule has 1 atom stereocenters. The maximum Gasteiger partial charge on any atom is 0.304 e. The van der Waals surface area contributed by atoms with Crippen LogP contribution >= 0.6 is 23.2 Å². The fourth-order valence-corrected chi connectivity index (χ4v) is 4.47. The van der Waals surface area contributed by atoms with E-state index in [9.17, 15) is 14.7 Å². The second-order valence-corrected chi connectivity index (χ2v) is 9.81. The lowest BCUT2D eigenvalue weighted by molar-refractivity contribution is -0.139. The zero-order valence-electron chi connectivity index (χ0n) is 17.3. The summed E-state index contributed by atoms with van der Waals surface area (Å²) >= 11 is 12.4. The monoisotopic (exact) mass is 448 g/mol. The van der Waals surface area contributed by atoms with Gasteiger partial charge in [0.05, 0.1) is 6.42 Å². The van der Waals surface area contributed by atoms with Crippen LogP contribution < -0.4 is 5.32 Å². The van der Waals surface area contributed by atoms with Crippen LogP contribution in [0.1, 0.15) is 38.3 Å². The van der Waals surface area contributed by atoms with Gasteiger partial charge in [-0.05, 0) is 35.2 Å². The first-order valence-corrected chi connectivity index (χ1v) is 10.6. The number of aliphatic carboxylic acids is 1. The largest absolute Gasteiger partial charge is 0.481 e. The molecule has 2 N–H and O–H groups in total. The molecule has 1 amide bonds. The molecule has 0 saturated heterocycles. The van der Waals surface area contributed by atoms with Gasteiger partial charge >= 0.3 is 5.97 Å². The average Bonchev–Trinajstić information content (AvgIpc) is 2.89. The van der Waals surface area contributed by atoms with Crippen molar-refractivity contribution in [3.63, 3.8) is 0 Å². The molecule has 0 aliphatic carbocycles. The number of hydrogen-bond acceptors (Lipinski definition) is 3. The highest BCUT2D eigenvalue weighted by atomic mass is 35.5. The van der Waals surface area contributed by atoms with Gasteiger partial charge in [-0.3, -0.25) is 14.5 Å². The number of carbonyl (C=O) groups excluding carboxylic acids is 1. The van der Waals surface area contributed by atoms with Gasteiger partial charge in [0.2, 0.25) is 5.91 Å². The molecular weight excluding hydrogens is 423 g/mol. The standard InChI is InChI=1S/C23H26Cl2N2O3/c1-22(2,3)14-27(10-9-20(28)29)23(13-15-5-4-6-16(24)11-15)18-8-7-17(25)12-19(18)26-21(23)30/h4-8,11-12H,9-10,13-14H2,1-3H3,(H,26,30)(H,28,29). The highest BCUT2D eigenvalue weighted by Crippen LogP contribution is 2.45. The minimum atomic E-state index is -1.06. The first-order valence-electron chi connectivity index (χ1n) is 9.84. The Morgan fingerprint density at radius 2 is 1.83 bits per heavy atom. The van der Waals surface area contributed by atoms with Gasteiger partial charge in [0, 0.05) is 40.8 Å². The first-order chi connectivity index (χ1) is 14.0. The van der Waals surface area contributed by atoms with Crippen LogP contribution in [0.2, 0.25) is 10.0 Å². The molecule has 3 rings (SSSR count). The van der Waals surface area contributed by atoms with Crippen molar-refractivity contribution in [3.05, 3.63) is 63.6 Å². The van der Waals surface area contributed by atoms with Crippen LogP contribution in [-0.4, -0.2) is 35.0 Å². The number of amides is 1. The van der Waals surface area contributed by atoms with E-state index >= 15 is 0 Å². The van der Waals surface area contributed by atoms with Gasteiger partial charge in [0.25, 0.3) is 0 Å². The maximum absolute atomic E-state index is 13.5. The number of anilines is 1. The lowest BCUT2D eigenvalue weighted by Gasteiger charge is -2.43. The molecule has 7 heteroatoms. The molecule has 1 heterocycles. The lowest BCUT2D eigenvalue weighted by Crippen LogP contribution is -2.55. The van der Waals surface area contributed by atoms with Crippen molar-refractivity contribution in [2.24, 2.45) is 5.41 Å². The molecule has 0 radical (unpaired) electrons. The molecule has 1 unspecified atom stereocenters. The molecule has 0 spiro atoms. The topological polar surface area (TPSA) is 69.6 Å². The number of hydrogen-bond donors (Lipinski definition) is 2. The fraction of sp³-hybridized carbons (Fsp3) is 0.391. The van der Waals surface area contributed by atoms with Gasteiger partial charge in [0.1, 0.15) is 5.54 Å². The van der Waals surface area contributed by atoms with Crippen molar-refractivity contribution in [2.45, 2.75) is 39.2 Å². The van der Waals surface area contributed by atoms with E-state index in [1.54, 1.807) is 18.2 Å². The van der Waals surface area contributed by atoms with Gasteiger partial charge in [-0.15, -0.1) is 0 Å². The Labute approximate surface area is 187 Å². The number of halogens is 2. The zero-order chi connectivity index (χ0) is 22.1. The van der Waals surface area contributed by atoms with Crippen molar-refractivity contribution in [3.8, 4) is 0 Å². The van der Waals surface area contributed by atoms with Gasteiger partial charge < -0.3 is 10.4 Å². The summed E-state index contributed by atoms with van der Waals surface area (Å²) in [5.74, 6) is -1.09. The number of carbonyl (C=O) groups is 2. The molecule has 160 valence electrons. The average molecular weight is 449 g/mol. The van der Waals surface area contributed by atoms with E-state index in [4.69, 9.17) is 23.2 Å². The predicted molar refractivity (Wildman–Crippen MR) is 120 cm³/mol. The van der Waals surface area contributed by atoms with Crippen molar-refractivity contribution >= 4 is 40.8 Å². The molecule has 0 aromatic heterocycles. The molecule has 2 aromatic carbocycles. The van der Waals surface area contributed by atoms with E-state index in [0.717, 1.165) is 11.1 Å². The molecule has 0 bridgehead atoms. The van der Waals surface area contributed by atoms with Gasteiger partial charge in [-0.1, -0.05) is 62.2 Å². The molecule has 30 heavy (non-hydrogen) atoms. The van der Waals surface area contributed by atoms with Crippen LogP contribution in [-0.2, 0) is 21.5 Å². The minimum absolute atomic E-state index is 0.0659. The quantitative estimate of drug-likeness (QED) is 0.609. The Morgan fingerprint density at radius 3 is 2.47 bits per heavy atom. The van der Waals surface area contributed by atoms with Crippen molar-refractivity contribution in [1.82, 2.24) is 4.90 Å². The third-order valence-electron chi connectivity index (χ3n) is 5.20. The summed E-state index contributed by atoms with van der Waals surface area (Å²) in [5, 5.41) is 13.4. The number of rotatable bonds is 7. The molecule has 1 aliphatic rings. The van der Waals surface area contributed by atoms with E-state index in [2.05, 4.69) is 26.1 Å². The Bertz CT molecular complexity index is 971. The molecule has 0 fully saturated rings. The Morgan fingerprint density at radius 1 is 1.13 bits per heavy atom. The van der Waals surface area contributed by atoms with E-state index in [1.165, 1.54) is 0 Å². The summed E-state index contributed by atoms with van der Waals surface area (Å²) in [6.07, 6.45) is 0.299. The highest BCUT2D eigenvalue weighted by molar-refractivity contribution is 6.31. The normalized spacial score (nSPS) is 18.4. The van der Waals surface area contributed by atoms with Gasteiger partial charge in [0.15, 0.2) is 0 Å². The Kier molecular flexibility index (Phi) is 6.46. The molecular formula is C23H26Cl2N2O3. The van der Waals surface area contributed by atoms with Crippen molar-refractivity contribution in [1.29, 1.82) is 0 Å². The minimum Gasteiger partial charge on any atom is -0.481 e. The third kappa shape index (κ3) is 4.80. The van der Waals surface area contributed by atoms with E-state index in [-0.39, 0.29) is 24.3 Å². The van der Waals surface area contributed by atoms with Crippen molar-refractivity contribution in [2.75, 3.05) is 18.4 Å². The molecule has 1 aliphatic heterocycles. The first kappa shape index (κ1) is 22.6. The summed E-state index contributed by atoms with van der Waals surface area (Å²) in [7, 11) is 0. The highest BCUT2D eigenvalue weighted by Gasteiger charge is 2.51. The fourth-order valence-electron chi connectivity index (χ4n) is 4.08. The summed E-state index contributed by atoms with van der Waals surface area (Å²) in [6, 6.07) is 12.8. The summed E-state index contributed by atoms with van der Waals surface area (Å²) in [4.78, 5) is 26.9. The predicted octanol–water partition coefficient (Wildman–Crippen LogP) is 5.21. The van der Waals surface area contributed by atoms with E-state index < -0.39 is 11.5 Å². The summed E-state index contributed by atoms with van der Waals surface area (Å²) in [6.45, 7) is 7.00.